The van der Waals surface area contributed by atoms with Gasteiger partial charge in [-0.1, -0.05) is 12.1 Å². The summed E-state index contributed by atoms with van der Waals surface area (Å²) in [6.07, 6.45) is 0.302. The number of hydrogen-bond donors (Lipinski definition) is 2. The summed E-state index contributed by atoms with van der Waals surface area (Å²) in [5.74, 6) is -1.40. The minimum atomic E-state index is -1.35. The molecule has 0 aliphatic heterocycles. The zero-order valence-corrected chi connectivity index (χ0v) is 10.6. The Kier molecular flexibility index (Phi) is 5.51. The summed E-state index contributed by atoms with van der Waals surface area (Å²) in [4.78, 5) is 22.9. The lowest BCUT2D eigenvalue weighted by atomic mass is 10.1. The van der Waals surface area contributed by atoms with Gasteiger partial charge in [-0.05, 0) is 24.6 Å². The van der Waals surface area contributed by atoms with Gasteiger partial charge >= 0.3 is 5.97 Å². The Balaban J connectivity index is 2.61. The van der Waals surface area contributed by atoms with E-state index in [9.17, 15) is 9.59 Å². The molecule has 0 bridgehead atoms. The molecule has 0 saturated carbocycles. The van der Waals surface area contributed by atoms with Crippen LogP contribution in [0.4, 0.5) is 5.69 Å². The van der Waals surface area contributed by atoms with Gasteiger partial charge in [0.05, 0.1) is 19.1 Å². The number of ether oxygens (including phenoxy) is 1. The molecule has 1 aromatic rings. The molecule has 0 saturated heterocycles. The molecule has 1 unspecified atom stereocenters. The molecule has 0 fully saturated rings. The number of benzene rings is 1. The van der Waals surface area contributed by atoms with Gasteiger partial charge in [0.25, 0.3) is 5.91 Å². The fraction of sp³-hybridized carbons (Fsp3) is 0.308. The van der Waals surface area contributed by atoms with Crippen molar-refractivity contribution in [1.82, 2.24) is 0 Å². The maximum Gasteiger partial charge on any atom is 0.332 e. The van der Waals surface area contributed by atoms with Crippen LogP contribution in [-0.4, -0.2) is 24.5 Å². The van der Waals surface area contributed by atoms with Crippen LogP contribution in [0.3, 0.4) is 0 Å². The van der Waals surface area contributed by atoms with Gasteiger partial charge in [-0.2, -0.15) is 5.26 Å². The van der Waals surface area contributed by atoms with E-state index in [0.717, 1.165) is 5.56 Å². The van der Waals surface area contributed by atoms with Gasteiger partial charge in [0.15, 0.2) is 6.04 Å². The Labute approximate surface area is 111 Å². The van der Waals surface area contributed by atoms with E-state index in [-0.39, 0.29) is 6.61 Å². The van der Waals surface area contributed by atoms with Gasteiger partial charge in [-0.25, -0.2) is 4.79 Å². The molecule has 1 rings (SSSR count). The highest BCUT2D eigenvalue weighted by atomic mass is 16.5. The van der Waals surface area contributed by atoms with Crippen LogP contribution in [0.1, 0.15) is 12.5 Å². The van der Waals surface area contributed by atoms with Crippen molar-refractivity contribution in [2.75, 3.05) is 11.9 Å². The Hall–Kier alpha value is -2.39. The van der Waals surface area contributed by atoms with E-state index in [2.05, 4.69) is 10.1 Å². The third-order valence-electron chi connectivity index (χ3n) is 2.33. The second kappa shape index (κ2) is 7.13. The summed E-state index contributed by atoms with van der Waals surface area (Å²) >= 11 is 0. The summed E-state index contributed by atoms with van der Waals surface area (Å²) in [6, 6.07) is 7.39. The standard InChI is InChI=1S/C13H15N3O3/c1-2-19-13(18)11(15)12(17)16-10-5-3-9(4-6-10)7-8-14/h3-6,11H,2,7,15H2,1H3,(H,16,17). The second-order valence-corrected chi connectivity index (χ2v) is 3.75. The number of esters is 1. The second-order valence-electron chi connectivity index (χ2n) is 3.75. The predicted molar refractivity (Wildman–Crippen MR) is 69.0 cm³/mol. The molecule has 0 aliphatic rings. The number of carbonyl (C=O) groups is 2. The van der Waals surface area contributed by atoms with E-state index >= 15 is 0 Å². The quantitative estimate of drug-likeness (QED) is 0.596. The van der Waals surface area contributed by atoms with Crippen molar-refractivity contribution in [3.05, 3.63) is 29.8 Å². The lowest BCUT2D eigenvalue weighted by molar-refractivity contribution is -0.146. The van der Waals surface area contributed by atoms with Gasteiger partial charge in [0, 0.05) is 5.69 Å². The number of nitrogens with two attached hydrogens (primary N) is 1. The molecule has 3 N–H and O–H groups in total. The zero-order valence-electron chi connectivity index (χ0n) is 10.6. The minimum Gasteiger partial charge on any atom is -0.464 e. The van der Waals surface area contributed by atoms with E-state index in [4.69, 9.17) is 11.0 Å². The number of nitrogens with one attached hydrogen (secondary N) is 1. The Morgan fingerprint density at radius 3 is 2.58 bits per heavy atom. The molecular weight excluding hydrogens is 246 g/mol. The Bertz CT molecular complexity index is 491. The number of rotatable bonds is 5. The number of nitrogens with zero attached hydrogens (tertiary/aromatic N) is 1. The number of hydrogen-bond acceptors (Lipinski definition) is 5. The summed E-state index contributed by atoms with van der Waals surface area (Å²) in [5.41, 5.74) is 6.79. The first-order valence-corrected chi connectivity index (χ1v) is 5.77. The van der Waals surface area contributed by atoms with Crippen LogP contribution in [0.15, 0.2) is 24.3 Å². The average Bonchev–Trinajstić information content (AvgIpc) is 2.40. The van der Waals surface area contributed by atoms with Crippen molar-refractivity contribution in [1.29, 1.82) is 5.26 Å². The molecule has 100 valence electrons. The highest BCUT2D eigenvalue weighted by molar-refractivity contribution is 6.08. The first-order chi connectivity index (χ1) is 9.08. The summed E-state index contributed by atoms with van der Waals surface area (Å²) in [6.45, 7) is 1.80. The van der Waals surface area contributed by atoms with Crippen LogP contribution in [0.25, 0.3) is 0 Å². The monoisotopic (exact) mass is 261 g/mol. The predicted octanol–water partition coefficient (Wildman–Crippen LogP) is 0.582. The molecule has 0 heterocycles. The zero-order chi connectivity index (χ0) is 14.3. The van der Waals surface area contributed by atoms with Gasteiger partial charge in [-0.15, -0.1) is 0 Å². The van der Waals surface area contributed by atoms with E-state index in [1.807, 2.05) is 6.07 Å². The SMILES string of the molecule is CCOC(=O)C(N)C(=O)Nc1ccc(CC#N)cc1. The van der Waals surface area contributed by atoms with Crippen molar-refractivity contribution in [3.63, 3.8) is 0 Å². The van der Waals surface area contributed by atoms with Gasteiger partial charge < -0.3 is 15.8 Å². The van der Waals surface area contributed by atoms with Gasteiger partial charge in [0.1, 0.15) is 0 Å². The lowest BCUT2D eigenvalue weighted by Gasteiger charge is -2.11. The van der Waals surface area contributed by atoms with Crippen molar-refractivity contribution < 1.29 is 14.3 Å². The molecule has 6 nitrogen and oxygen atoms in total. The molecule has 6 heteroatoms. The topological polar surface area (TPSA) is 105 Å². The molecule has 1 aromatic carbocycles. The molecule has 19 heavy (non-hydrogen) atoms. The minimum absolute atomic E-state index is 0.169. The van der Waals surface area contributed by atoms with Crippen LogP contribution >= 0.6 is 0 Å². The third kappa shape index (κ3) is 4.41. The molecule has 0 radical (unpaired) electrons. The van der Waals surface area contributed by atoms with Crippen LogP contribution in [0.2, 0.25) is 0 Å². The maximum atomic E-state index is 11.7. The largest absolute Gasteiger partial charge is 0.464 e. The van der Waals surface area contributed by atoms with Crippen LogP contribution in [0, 0.1) is 11.3 Å². The van der Waals surface area contributed by atoms with Gasteiger partial charge in [0.2, 0.25) is 0 Å². The van der Waals surface area contributed by atoms with E-state index in [1.165, 1.54) is 0 Å². The number of anilines is 1. The van der Waals surface area contributed by atoms with Crippen LogP contribution in [0.5, 0.6) is 0 Å². The summed E-state index contributed by atoms with van der Waals surface area (Å²) < 4.78 is 4.65. The smallest absolute Gasteiger partial charge is 0.332 e. The molecule has 0 aliphatic carbocycles. The van der Waals surface area contributed by atoms with E-state index < -0.39 is 17.9 Å². The van der Waals surface area contributed by atoms with Crippen LogP contribution in [-0.2, 0) is 20.7 Å². The summed E-state index contributed by atoms with van der Waals surface area (Å²) in [5, 5.41) is 11.0. The third-order valence-corrected chi connectivity index (χ3v) is 2.33. The highest BCUT2D eigenvalue weighted by Crippen LogP contribution is 2.10. The lowest BCUT2D eigenvalue weighted by Crippen LogP contribution is -2.43. The van der Waals surface area contributed by atoms with Crippen molar-refractivity contribution in [2.45, 2.75) is 19.4 Å². The number of amides is 1. The molecule has 1 atom stereocenters. The fourth-order valence-electron chi connectivity index (χ4n) is 1.36. The van der Waals surface area contributed by atoms with E-state index in [1.54, 1.807) is 31.2 Å². The first-order valence-electron chi connectivity index (χ1n) is 5.77. The summed E-state index contributed by atoms with van der Waals surface area (Å²) in [7, 11) is 0. The van der Waals surface area contributed by atoms with Crippen LogP contribution < -0.4 is 11.1 Å². The first kappa shape index (κ1) is 14.7. The molecule has 0 aromatic heterocycles. The Morgan fingerprint density at radius 1 is 1.42 bits per heavy atom. The Morgan fingerprint density at radius 2 is 2.05 bits per heavy atom. The van der Waals surface area contributed by atoms with Crippen molar-refractivity contribution in [2.24, 2.45) is 5.73 Å². The molecule has 0 spiro atoms. The highest BCUT2D eigenvalue weighted by Gasteiger charge is 2.23. The average molecular weight is 261 g/mol. The van der Waals surface area contributed by atoms with Gasteiger partial charge in [-0.3, -0.25) is 4.79 Å². The van der Waals surface area contributed by atoms with E-state index in [0.29, 0.717) is 12.1 Å². The molecular formula is C13H15N3O3. The number of carbonyl (C=O) groups excluding carboxylic acids is 2. The maximum absolute atomic E-state index is 11.7. The normalized spacial score (nSPS) is 11.2. The number of nitriles is 1. The van der Waals surface area contributed by atoms with Crippen molar-refractivity contribution >= 4 is 17.6 Å². The van der Waals surface area contributed by atoms with Crippen molar-refractivity contribution in [3.8, 4) is 6.07 Å². The molecule has 1 amide bonds. The fourth-order valence-corrected chi connectivity index (χ4v) is 1.36.